The molecule has 144 valence electrons. The molecule has 5 heteroatoms. The minimum atomic E-state index is -0.108. The Morgan fingerprint density at radius 1 is 1.21 bits per heavy atom. The lowest BCUT2D eigenvalue weighted by Crippen LogP contribution is -2.30. The van der Waals surface area contributed by atoms with E-state index in [1.54, 1.807) is 13.1 Å². The van der Waals surface area contributed by atoms with Crippen molar-refractivity contribution >= 4 is 23.0 Å². The molecular weight excluding hydrogens is 348 g/mol. The Balaban J connectivity index is 1.72. The Hall–Kier alpha value is -2.92. The van der Waals surface area contributed by atoms with Crippen LogP contribution in [0.15, 0.2) is 54.6 Å². The summed E-state index contributed by atoms with van der Waals surface area (Å²) >= 11 is 0. The summed E-state index contributed by atoms with van der Waals surface area (Å²) in [6.45, 7) is 3.16. The predicted molar refractivity (Wildman–Crippen MR) is 114 cm³/mol. The second-order valence-electron chi connectivity index (χ2n) is 7.30. The van der Waals surface area contributed by atoms with Gasteiger partial charge in [0, 0.05) is 25.2 Å². The van der Waals surface area contributed by atoms with Gasteiger partial charge in [-0.2, -0.15) is 0 Å². The molecule has 5 nitrogen and oxygen atoms in total. The first kappa shape index (κ1) is 18.4. The van der Waals surface area contributed by atoms with Gasteiger partial charge in [0.05, 0.1) is 11.0 Å². The number of para-hydroxylation sites is 2. The molecule has 0 radical (unpaired) electrons. The molecule has 1 fully saturated rings. The topological polar surface area (TPSA) is 59.0 Å². The molecule has 2 N–H and O–H groups in total. The van der Waals surface area contributed by atoms with Crippen LogP contribution < -0.4 is 10.6 Å². The Morgan fingerprint density at radius 3 is 2.86 bits per heavy atom. The maximum atomic E-state index is 11.5. The molecule has 0 atom stereocenters. The Labute approximate surface area is 165 Å². The van der Waals surface area contributed by atoms with Crippen LogP contribution in [0.3, 0.4) is 0 Å². The average Bonchev–Trinajstić information content (AvgIpc) is 3.11. The van der Waals surface area contributed by atoms with Crippen LogP contribution in [0.5, 0.6) is 0 Å². The summed E-state index contributed by atoms with van der Waals surface area (Å²) in [5.41, 5.74) is 4.27. The molecular formula is C23H26N4O. The summed E-state index contributed by atoms with van der Waals surface area (Å²) < 4.78 is 2.37. The number of likely N-dealkylation sites (N-methyl/N-ethyl adjacent to an activating group) is 1. The normalized spacial score (nSPS) is 15.3. The molecule has 4 rings (SSSR count). The van der Waals surface area contributed by atoms with Crippen LogP contribution >= 0.6 is 0 Å². The van der Waals surface area contributed by atoms with Gasteiger partial charge in [-0.3, -0.25) is 4.79 Å². The van der Waals surface area contributed by atoms with Gasteiger partial charge >= 0.3 is 0 Å². The van der Waals surface area contributed by atoms with Crippen molar-refractivity contribution in [2.75, 3.05) is 20.1 Å². The van der Waals surface area contributed by atoms with Gasteiger partial charge in [-0.1, -0.05) is 30.3 Å². The third-order valence-corrected chi connectivity index (χ3v) is 5.37. The Morgan fingerprint density at radius 2 is 2.04 bits per heavy atom. The maximum absolute atomic E-state index is 11.5. The van der Waals surface area contributed by atoms with Crippen LogP contribution in [0, 0.1) is 5.92 Å². The molecule has 1 amide bonds. The van der Waals surface area contributed by atoms with Gasteiger partial charge in [0.2, 0.25) is 5.91 Å². The van der Waals surface area contributed by atoms with Crippen molar-refractivity contribution in [1.29, 1.82) is 0 Å². The monoisotopic (exact) mass is 374 g/mol. The van der Waals surface area contributed by atoms with Crippen LogP contribution in [-0.4, -0.2) is 35.6 Å². The van der Waals surface area contributed by atoms with E-state index >= 15 is 0 Å². The molecule has 2 aromatic carbocycles. The lowest BCUT2D eigenvalue weighted by molar-refractivity contribution is -0.115. The van der Waals surface area contributed by atoms with Crippen molar-refractivity contribution in [3.05, 3.63) is 60.2 Å². The van der Waals surface area contributed by atoms with Gasteiger partial charge in [0.25, 0.3) is 0 Å². The summed E-state index contributed by atoms with van der Waals surface area (Å²) in [6, 6.07) is 16.6. The molecule has 1 aromatic heterocycles. The quantitative estimate of drug-likeness (QED) is 0.673. The number of carbonyl (C=O) groups excluding carboxylic acids is 1. The number of carbonyl (C=O) groups is 1. The van der Waals surface area contributed by atoms with Crippen molar-refractivity contribution < 1.29 is 4.79 Å². The second kappa shape index (κ2) is 8.40. The SMILES string of the molecule is CNC(=O)/C=C/c1cccc(-c2nc3ccccc3n2CC2CCNCC2)c1. The molecule has 0 bridgehead atoms. The van der Waals surface area contributed by atoms with Crippen molar-refractivity contribution in [2.45, 2.75) is 19.4 Å². The van der Waals surface area contributed by atoms with Crippen LogP contribution in [0.25, 0.3) is 28.5 Å². The van der Waals surface area contributed by atoms with Gasteiger partial charge in [0.15, 0.2) is 0 Å². The van der Waals surface area contributed by atoms with Crippen molar-refractivity contribution in [1.82, 2.24) is 20.2 Å². The number of nitrogens with zero attached hydrogens (tertiary/aromatic N) is 2. The fraction of sp³-hybridized carbons (Fsp3) is 0.304. The standard InChI is InChI=1S/C23H26N4O/c1-24-22(28)10-9-17-5-4-6-19(15-17)23-26-20-7-2-3-8-21(20)27(23)16-18-11-13-25-14-12-18/h2-10,15,18,25H,11-14,16H2,1H3,(H,24,28)/b10-9+. The maximum Gasteiger partial charge on any atom is 0.243 e. The second-order valence-corrected chi connectivity index (χ2v) is 7.30. The molecule has 1 saturated heterocycles. The van der Waals surface area contributed by atoms with E-state index in [0.29, 0.717) is 5.92 Å². The predicted octanol–water partition coefficient (Wildman–Crippen LogP) is 3.46. The average molecular weight is 374 g/mol. The van der Waals surface area contributed by atoms with Crippen LogP contribution in [0.4, 0.5) is 0 Å². The number of aromatic nitrogens is 2. The highest BCUT2D eigenvalue weighted by molar-refractivity contribution is 5.91. The number of nitrogens with one attached hydrogen (secondary N) is 2. The van der Waals surface area contributed by atoms with Gasteiger partial charge in [-0.15, -0.1) is 0 Å². The van der Waals surface area contributed by atoms with E-state index in [0.717, 1.165) is 42.1 Å². The fourth-order valence-corrected chi connectivity index (χ4v) is 3.84. The molecule has 2 heterocycles. The lowest BCUT2D eigenvalue weighted by Gasteiger charge is -2.24. The largest absolute Gasteiger partial charge is 0.356 e. The zero-order chi connectivity index (χ0) is 19.3. The van der Waals surface area contributed by atoms with E-state index in [9.17, 15) is 4.79 Å². The van der Waals surface area contributed by atoms with Crippen LogP contribution in [0.1, 0.15) is 18.4 Å². The van der Waals surface area contributed by atoms with E-state index in [4.69, 9.17) is 4.98 Å². The van der Waals surface area contributed by atoms with E-state index < -0.39 is 0 Å². The zero-order valence-electron chi connectivity index (χ0n) is 16.2. The number of imidazole rings is 1. The molecule has 0 spiro atoms. The molecule has 0 unspecified atom stereocenters. The lowest BCUT2D eigenvalue weighted by atomic mass is 9.98. The smallest absolute Gasteiger partial charge is 0.243 e. The van der Waals surface area contributed by atoms with Crippen molar-refractivity contribution in [3.63, 3.8) is 0 Å². The van der Waals surface area contributed by atoms with E-state index in [1.165, 1.54) is 18.4 Å². The minimum absolute atomic E-state index is 0.108. The first-order valence-corrected chi connectivity index (χ1v) is 9.91. The summed E-state index contributed by atoms with van der Waals surface area (Å²) in [5.74, 6) is 1.55. The van der Waals surface area contributed by atoms with Crippen LogP contribution in [-0.2, 0) is 11.3 Å². The summed E-state index contributed by atoms with van der Waals surface area (Å²) in [6.07, 6.45) is 5.78. The van der Waals surface area contributed by atoms with Crippen molar-refractivity contribution in [2.24, 2.45) is 5.92 Å². The third kappa shape index (κ3) is 3.99. The Kier molecular flexibility index (Phi) is 5.53. The minimum Gasteiger partial charge on any atom is -0.356 e. The van der Waals surface area contributed by atoms with Crippen LogP contribution in [0.2, 0.25) is 0 Å². The summed E-state index contributed by atoms with van der Waals surface area (Å²) in [5, 5.41) is 6.05. The third-order valence-electron chi connectivity index (χ3n) is 5.37. The van der Waals surface area contributed by atoms with Crippen molar-refractivity contribution in [3.8, 4) is 11.4 Å². The van der Waals surface area contributed by atoms with Gasteiger partial charge in [-0.05, 0) is 61.7 Å². The highest BCUT2D eigenvalue weighted by Crippen LogP contribution is 2.28. The molecule has 0 saturated carbocycles. The molecule has 28 heavy (non-hydrogen) atoms. The Bertz CT molecular complexity index is 999. The summed E-state index contributed by atoms with van der Waals surface area (Å²) in [7, 11) is 1.63. The summed E-state index contributed by atoms with van der Waals surface area (Å²) in [4.78, 5) is 16.5. The first-order valence-electron chi connectivity index (χ1n) is 9.91. The number of amides is 1. The highest BCUT2D eigenvalue weighted by atomic mass is 16.1. The number of hydrogen-bond donors (Lipinski definition) is 2. The molecule has 1 aliphatic heterocycles. The van der Waals surface area contributed by atoms with E-state index in [1.807, 2.05) is 24.3 Å². The zero-order valence-corrected chi connectivity index (χ0v) is 16.2. The van der Waals surface area contributed by atoms with Gasteiger partial charge in [0.1, 0.15) is 5.82 Å². The molecule has 0 aliphatic carbocycles. The van der Waals surface area contributed by atoms with E-state index in [-0.39, 0.29) is 5.91 Å². The number of fused-ring (bicyclic) bond motifs is 1. The van der Waals surface area contributed by atoms with Gasteiger partial charge in [-0.25, -0.2) is 4.98 Å². The first-order chi connectivity index (χ1) is 13.7. The number of rotatable bonds is 5. The number of piperidine rings is 1. The fourth-order valence-electron chi connectivity index (χ4n) is 3.84. The number of benzene rings is 2. The van der Waals surface area contributed by atoms with Gasteiger partial charge < -0.3 is 15.2 Å². The molecule has 3 aromatic rings. The molecule has 1 aliphatic rings. The van der Waals surface area contributed by atoms with E-state index in [2.05, 4.69) is 45.5 Å². The highest BCUT2D eigenvalue weighted by Gasteiger charge is 2.18. The number of hydrogen-bond acceptors (Lipinski definition) is 3.